The summed E-state index contributed by atoms with van der Waals surface area (Å²) in [6, 6.07) is 0. The number of hydrogen-bond donors (Lipinski definition) is 0. The lowest BCUT2D eigenvalue weighted by Crippen LogP contribution is -2.51. The highest BCUT2D eigenvalue weighted by atomic mass is 16.6. The topological polar surface area (TPSA) is 47.9 Å². The second kappa shape index (κ2) is 8.27. The molecule has 1 aliphatic heterocycles. The molecule has 3 saturated carbocycles. The zero-order chi connectivity index (χ0) is 23.5. The minimum absolute atomic E-state index is 0.0765. The number of carbonyl (C=O) groups excluding carboxylic acids is 1. The fourth-order valence-electron chi connectivity index (χ4n) is 8.73. The first kappa shape index (κ1) is 23.2. The SMILES string of the molecule is C=C([C@H]1CC[C@H]2[C@@H]3CC=C4C[C@@H](OC(C)=O)CC[C@]4(C)[C@H]3CC[C@]12C)[C@H]1CC(C(C)C)=NO1. The van der Waals surface area contributed by atoms with Crippen LogP contribution in [-0.2, 0) is 14.4 Å². The van der Waals surface area contributed by atoms with Gasteiger partial charge in [0.15, 0.2) is 6.10 Å². The summed E-state index contributed by atoms with van der Waals surface area (Å²) in [5.41, 5.74) is 4.68. The number of nitrogens with zero attached hydrogens (tertiary/aromatic N) is 1. The van der Waals surface area contributed by atoms with Crippen LogP contribution in [0.2, 0.25) is 0 Å². The molecule has 0 spiro atoms. The second-order valence-corrected chi connectivity index (χ2v) is 12.5. The number of oxime groups is 1. The molecule has 1 heterocycles. The van der Waals surface area contributed by atoms with E-state index in [0.29, 0.717) is 17.3 Å². The Kier molecular flexibility index (Phi) is 5.81. The molecular formula is C29H43NO3. The molecule has 8 atom stereocenters. The van der Waals surface area contributed by atoms with Crippen molar-refractivity contribution in [3.05, 3.63) is 23.8 Å². The van der Waals surface area contributed by atoms with Crippen LogP contribution in [0.5, 0.6) is 0 Å². The molecule has 0 amide bonds. The van der Waals surface area contributed by atoms with Crippen molar-refractivity contribution in [2.75, 3.05) is 0 Å². The Morgan fingerprint density at radius 2 is 1.94 bits per heavy atom. The summed E-state index contributed by atoms with van der Waals surface area (Å²) in [6.45, 7) is 15.6. The molecule has 0 saturated heterocycles. The Bertz CT molecular complexity index is 887. The molecule has 4 heteroatoms. The van der Waals surface area contributed by atoms with Crippen LogP contribution < -0.4 is 0 Å². The van der Waals surface area contributed by atoms with Crippen molar-refractivity contribution < 1.29 is 14.4 Å². The maximum absolute atomic E-state index is 11.5. The third kappa shape index (κ3) is 3.71. The summed E-state index contributed by atoms with van der Waals surface area (Å²) >= 11 is 0. The van der Waals surface area contributed by atoms with Crippen molar-refractivity contribution in [3.8, 4) is 0 Å². The molecule has 0 aromatic carbocycles. The van der Waals surface area contributed by atoms with Crippen molar-refractivity contribution in [2.24, 2.45) is 45.6 Å². The van der Waals surface area contributed by atoms with Gasteiger partial charge in [0.05, 0.1) is 5.71 Å². The standard InChI is InChI=1S/C29H43NO3/c1-17(2)26-16-27(33-30-26)18(3)23-9-10-24-22-8-7-20-15-21(32-19(4)31)11-13-28(20,5)25(22)12-14-29(23,24)6/h7,17,21-25,27H,3,8-16H2,1-2,4-6H3/t21-,22-,23+,24-,25-,27+,28-,29+/m0/s1. The predicted molar refractivity (Wildman–Crippen MR) is 132 cm³/mol. The van der Waals surface area contributed by atoms with E-state index in [-0.39, 0.29) is 23.6 Å². The van der Waals surface area contributed by atoms with Gasteiger partial charge in [0.1, 0.15) is 6.10 Å². The van der Waals surface area contributed by atoms with Gasteiger partial charge in [-0.05, 0) is 90.9 Å². The van der Waals surface area contributed by atoms with Crippen molar-refractivity contribution in [1.29, 1.82) is 0 Å². The first-order valence-electron chi connectivity index (χ1n) is 13.4. The fraction of sp³-hybridized carbons (Fsp3) is 0.793. The average Bonchev–Trinajstić information content (AvgIpc) is 3.38. The molecule has 0 bridgehead atoms. The molecule has 182 valence electrons. The molecule has 4 nitrogen and oxygen atoms in total. The highest BCUT2D eigenvalue weighted by Gasteiger charge is 2.59. The van der Waals surface area contributed by atoms with Gasteiger partial charge in [0.2, 0.25) is 0 Å². The zero-order valence-corrected chi connectivity index (χ0v) is 21.4. The number of fused-ring (bicyclic) bond motifs is 5. The van der Waals surface area contributed by atoms with E-state index < -0.39 is 0 Å². The summed E-state index contributed by atoms with van der Waals surface area (Å²) in [5.74, 6) is 3.16. The van der Waals surface area contributed by atoms with Gasteiger partial charge < -0.3 is 9.57 Å². The van der Waals surface area contributed by atoms with Crippen LogP contribution in [0, 0.1) is 40.4 Å². The van der Waals surface area contributed by atoms with E-state index in [4.69, 9.17) is 9.57 Å². The minimum atomic E-state index is -0.138. The molecular weight excluding hydrogens is 410 g/mol. The summed E-state index contributed by atoms with van der Waals surface area (Å²) in [7, 11) is 0. The Morgan fingerprint density at radius 3 is 2.64 bits per heavy atom. The summed E-state index contributed by atoms with van der Waals surface area (Å²) in [4.78, 5) is 17.4. The highest BCUT2D eigenvalue weighted by molar-refractivity contribution is 5.87. The van der Waals surface area contributed by atoms with E-state index >= 15 is 0 Å². The largest absolute Gasteiger partial charge is 0.462 e. The molecule has 0 unspecified atom stereocenters. The van der Waals surface area contributed by atoms with Crippen molar-refractivity contribution in [2.45, 2.75) is 105 Å². The van der Waals surface area contributed by atoms with E-state index in [9.17, 15) is 4.79 Å². The second-order valence-electron chi connectivity index (χ2n) is 12.5. The van der Waals surface area contributed by atoms with Gasteiger partial charge in [-0.25, -0.2) is 0 Å². The van der Waals surface area contributed by atoms with E-state index in [0.717, 1.165) is 43.4 Å². The molecule has 33 heavy (non-hydrogen) atoms. The van der Waals surface area contributed by atoms with Gasteiger partial charge in [-0.2, -0.15) is 0 Å². The molecule has 4 aliphatic carbocycles. The molecule has 0 aromatic rings. The number of esters is 1. The number of carbonyl (C=O) groups is 1. The van der Waals surface area contributed by atoms with Crippen molar-refractivity contribution >= 4 is 11.7 Å². The van der Waals surface area contributed by atoms with Crippen LogP contribution in [0.15, 0.2) is 29.0 Å². The maximum atomic E-state index is 11.5. The van der Waals surface area contributed by atoms with Gasteiger partial charge in [0.25, 0.3) is 0 Å². The molecule has 0 radical (unpaired) electrons. The Morgan fingerprint density at radius 1 is 1.15 bits per heavy atom. The molecule has 0 N–H and O–H groups in total. The van der Waals surface area contributed by atoms with Gasteiger partial charge >= 0.3 is 5.97 Å². The number of hydrogen-bond acceptors (Lipinski definition) is 4. The van der Waals surface area contributed by atoms with Gasteiger partial charge in [0, 0.05) is 19.8 Å². The van der Waals surface area contributed by atoms with Gasteiger partial charge in [-0.3, -0.25) is 4.79 Å². The first-order valence-corrected chi connectivity index (χ1v) is 13.4. The molecule has 3 fully saturated rings. The Hall–Kier alpha value is -1.58. The van der Waals surface area contributed by atoms with Crippen LogP contribution in [0.4, 0.5) is 0 Å². The maximum Gasteiger partial charge on any atom is 0.302 e. The number of ether oxygens (including phenoxy) is 1. The van der Waals surface area contributed by atoms with E-state index in [2.05, 4.69) is 45.5 Å². The number of rotatable bonds is 4. The summed E-state index contributed by atoms with van der Waals surface area (Å²) in [6.07, 6.45) is 13.1. The predicted octanol–water partition coefficient (Wildman–Crippen LogP) is 6.85. The normalized spacial score (nSPS) is 44.2. The fourth-order valence-corrected chi connectivity index (χ4v) is 8.73. The van der Waals surface area contributed by atoms with E-state index in [1.54, 1.807) is 5.57 Å². The van der Waals surface area contributed by atoms with Gasteiger partial charge in [-0.1, -0.05) is 51.1 Å². The minimum Gasteiger partial charge on any atom is -0.462 e. The Labute approximate surface area is 200 Å². The quantitative estimate of drug-likeness (QED) is 0.345. The summed E-state index contributed by atoms with van der Waals surface area (Å²) < 4.78 is 5.61. The number of allylic oxidation sites excluding steroid dienone is 1. The lowest BCUT2D eigenvalue weighted by atomic mass is 9.47. The van der Waals surface area contributed by atoms with Crippen LogP contribution >= 0.6 is 0 Å². The third-order valence-electron chi connectivity index (χ3n) is 10.6. The van der Waals surface area contributed by atoms with Crippen LogP contribution in [-0.4, -0.2) is 23.9 Å². The van der Waals surface area contributed by atoms with E-state index in [1.165, 1.54) is 50.3 Å². The van der Waals surface area contributed by atoms with E-state index in [1.807, 2.05) is 0 Å². The van der Waals surface area contributed by atoms with Gasteiger partial charge in [-0.15, -0.1) is 0 Å². The Balaban J connectivity index is 1.32. The molecule has 5 rings (SSSR count). The first-order chi connectivity index (χ1) is 15.6. The third-order valence-corrected chi connectivity index (χ3v) is 10.6. The smallest absolute Gasteiger partial charge is 0.302 e. The monoisotopic (exact) mass is 453 g/mol. The lowest BCUT2D eigenvalue weighted by Gasteiger charge is -2.58. The highest BCUT2D eigenvalue weighted by Crippen LogP contribution is 2.67. The molecule has 5 aliphatic rings. The van der Waals surface area contributed by atoms with Crippen LogP contribution in [0.25, 0.3) is 0 Å². The summed E-state index contributed by atoms with van der Waals surface area (Å²) in [5, 5.41) is 4.40. The van der Waals surface area contributed by atoms with Crippen molar-refractivity contribution in [1.82, 2.24) is 0 Å². The molecule has 0 aromatic heterocycles. The van der Waals surface area contributed by atoms with Crippen LogP contribution in [0.1, 0.15) is 92.4 Å². The lowest BCUT2D eigenvalue weighted by molar-refractivity contribution is -0.148. The van der Waals surface area contributed by atoms with Crippen LogP contribution in [0.3, 0.4) is 0 Å². The van der Waals surface area contributed by atoms with Crippen molar-refractivity contribution in [3.63, 3.8) is 0 Å². The average molecular weight is 454 g/mol. The zero-order valence-electron chi connectivity index (χ0n) is 21.4.